The molecule has 5 N–H and O–H groups in total. The number of nitrogens with zero attached hydrogens (tertiary/aromatic N) is 2. The number of ether oxygens (including phenoxy) is 2. The van der Waals surface area contributed by atoms with Crippen molar-refractivity contribution in [3.05, 3.63) is 16.2 Å². The van der Waals surface area contributed by atoms with Crippen LogP contribution in [-0.4, -0.2) is 57.3 Å². The van der Waals surface area contributed by atoms with E-state index in [4.69, 9.17) is 24.3 Å². The van der Waals surface area contributed by atoms with Crippen LogP contribution in [0.1, 0.15) is 26.1 Å². The molecule has 0 radical (unpaired) electrons. The van der Waals surface area contributed by atoms with Crippen LogP contribution in [0.2, 0.25) is 0 Å². The highest BCUT2D eigenvalue weighted by molar-refractivity contribution is 7.53. The van der Waals surface area contributed by atoms with Crippen LogP contribution in [0.25, 0.3) is 11.2 Å². The molecule has 0 spiro atoms. The summed E-state index contributed by atoms with van der Waals surface area (Å²) in [6.07, 6.45) is -1.27. The minimum Gasteiger partial charge on any atom is -0.390 e. The van der Waals surface area contributed by atoms with Crippen LogP contribution in [0, 0.1) is 0 Å². The minimum atomic E-state index is -3.54. The van der Waals surface area contributed by atoms with Crippen molar-refractivity contribution in [2.45, 2.75) is 32.2 Å². The number of aromatic nitrogens is 4. The second kappa shape index (κ2) is 7.66. The second-order valence-corrected chi connectivity index (χ2v) is 7.87. The van der Waals surface area contributed by atoms with E-state index in [-0.39, 0.29) is 49.2 Å². The first kappa shape index (κ1) is 19.9. The van der Waals surface area contributed by atoms with Crippen LogP contribution in [0.3, 0.4) is 0 Å². The Kier molecular flexibility index (Phi) is 5.65. The fraction of sp³-hybridized carbons (Fsp3) is 0.643. The lowest BCUT2D eigenvalue weighted by Gasteiger charge is -2.28. The Bertz CT molecular complexity index is 905. The van der Waals surface area contributed by atoms with Gasteiger partial charge in [-0.15, -0.1) is 0 Å². The van der Waals surface area contributed by atoms with E-state index in [0.29, 0.717) is 0 Å². The van der Waals surface area contributed by atoms with Gasteiger partial charge in [0, 0.05) is 6.42 Å². The zero-order valence-electron chi connectivity index (χ0n) is 14.9. The number of fused-ring (bicyclic) bond motifs is 1. The highest BCUT2D eigenvalue weighted by Gasteiger charge is 2.47. The van der Waals surface area contributed by atoms with Gasteiger partial charge in [-0.3, -0.25) is 14.3 Å². The molecule has 1 fully saturated rings. The molecule has 150 valence electrons. The Balaban J connectivity index is 1.95. The van der Waals surface area contributed by atoms with Crippen LogP contribution < -0.4 is 11.3 Å². The molecule has 12 nitrogen and oxygen atoms in total. The predicted molar refractivity (Wildman–Crippen MR) is 94.0 cm³/mol. The molecule has 2 atom stereocenters. The van der Waals surface area contributed by atoms with Crippen molar-refractivity contribution in [3.8, 4) is 0 Å². The quantitative estimate of drug-likeness (QED) is 0.452. The molecule has 0 saturated carbocycles. The Hall–Kier alpha value is -1.82. The Morgan fingerprint density at radius 2 is 2.04 bits per heavy atom. The van der Waals surface area contributed by atoms with Gasteiger partial charge in [0.2, 0.25) is 11.7 Å². The Morgan fingerprint density at radius 1 is 1.33 bits per heavy atom. The van der Waals surface area contributed by atoms with Gasteiger partial charge < -0.3 is 34.3 Å². The first-order chi connectivity index (χ1) is 12.8. The van der Waals surface area contributed by atoms with Gasteiger partial charge in [0.25, 0.3) is 5.56 Å². The number of nitrogen functional groups attached to an aromatic ring is 1. The van der Waals surface area contributed by atoms with E-state index in [2.05, 4.69) is 19.9 Å². The Labute approximate surface area is 153 Å². The van der Waals surface area contributed by atoms with Crippen molar-refractivity contribution in [2.24, 2.45) is 0 Å². The van der Waals surface area contributed by atoms with Gasteiger partial charge >= 0.3 is 7.60 Å². The standard InChI is InChI=1S/C14H22N5O7P/c1-3-25-27(22,26-4-2)7-24-14(5-8(20)6-23-14)12-16-9-10(17-12)18-13(15)19-11(9)21/h8,20H,3-7H2,1-2H3,(H4,15,16,17,18,19,21)/t8-,14-/m0/s1. The molecular formula is C14H22N5O7P. The number of nitrogens with one attached hydrogen (secondary N) is 2. The maximum absolute atomic E-state index is 12.7. The zero-order chi connectivity index (χ0) is 19.7. The van der Waals surface area contributed by atoms with E-state index in [1.54, 1.807) is 13.8 Å². The summed E-state index contributed by atoms with van der Waals surface area (Å²) >= 11 is 0. The predicted octanol–water partition coefficient (Wildman–Crippen LogP) is 0.403. The van der Waals surface area contributed by atoms with Crippen LogP contribution in [0.5, 0.6) is 0 Å². The molecule has 2 aromatic rings. The van der Waals surface area contributed by atoms with E-state index in [0.717, 1.165) is 0 Å². The first-order valence-electron chi connectivity index (χ1n) is 8.41. The molecule has 13 heteroatoms. The van der Waals surface area contributed by atoms with E-state index in [1.165, 1.54) is 0 Å². The summed E-state index contributed by atoms with van der Waals surface area (Å²) in [4.78, 5) is 25.3. The van der Waals surface area contributed by atoms with Crippen LogP contribution in [0.15, 0.2) is 4.79 Å². The second-order valence-electron chi connectivity index (χ2n) is 5.88. The smallest absolute Gasteiger partial charge is 0.356 e. The molecule has 1 saturated heterocycles. The zero-order valence-corrected chi connectivity index (χ0v) is 15.8. The number of aliphatic hydroxyl groups excluding tert-OH is 1. The average Bonchev–Trinajstić information content (AvgIpc) is 3.18. The summed E-state index contributed by atoms with van der Waals surface area (Å²) in [5.41, 5.74) is 5.16. The maximum atomic E-state index is 12.7. The molecule has 2 aromatic heterocycles. The van der Waals surface area contributed by atoms with Gasteiger partial charge in [0.05, 0.1) is 25.9 Å². The maximum Gasteiger partial charge on any atom is 0.356 e. The normalized spacial score (nSPS) is 23.3. The highest BCUT2D eigenvalue weighted by Crippen LogP contribution is 2.50. The van der Waals surface area contributed by atoms with Crippen molar-refractivity contribution in [2.75, 3.05) is 31.9 Å². The van der Waals surface area contributed by atoms with Crippen molar-refractivity contribution >= 4 is 24.7 Å². The number of H-pyrrole nitrogens is 2. The lowest BCUT2D eigenvalue weighted by atomic mass is 10.1. The number of anilines is 1. The number of rotatable bonds is 8. The monoisotopic (exact) mass is 403 g/mol. The molecule has 3 rings (SSSR count). The number of aliphatic hydroxyl groups is 1. The van der Waals surface area contributed by atoms with Crippen LogP contribution in [-0.2, 0) is 28.9 Å². The summed E-state index contributed by atoms with van der Waals surface area (Å²) < 4.78 is 34.5. The van der Waals surface area contributed by atoms with E-state index >= 15 is 0 Å². The third kappa shape index (κ3) is 4.05. The molecule has 0 aromatic carbocycles. The summed E-state index contributed by atoms with van der Waals surface area (Å²) in [5.74, 6) is -1.56. The molecule has 1 aliphatic heterocycles. The molecule has 0 bridgehead atoms. The summed E-state index contributed by atoms with van der Waals surface area (Å²) in [6, 6.07) is 0. The molecule has 1 aliphatic rings. The van der Waals surface area contributed by atoms with Gasteiger partial charge in [-0.25, -0.2) is 4.98 Å². The lowest BCUT2D eigenvalue weighted by molar-refractivity contribution is -0.215. The van der Waals surface area contributed by atoms with E-state index < -0.39 is 31.4 Å². The average molecular weight is 403 g/mol. The fourth-order valence-corrected chi connectivity index (χ4v) is 4.16. The summed E-state index contributed by atoms with van der Waals surface area (Å²) in [7, 11) is -3.54. The molecular weight excluding hydrogens is 381 g/mol. The third-order valence-electron chi connectivity index (χ3n) is 3.86. The number of nitrogens with two attached hydrogens (primary N) is 1. The molecule has 3 heterocycles. The summed E-state index contributed by atoms with van der Waals surface area (Å²) in [6.45, 7) is 3.66. The molecule has 0 unspecified atom stereocenters. The van der Waals surface area contributed by atoms with Crippen molar-refractivity contribution < 1.29 is 28.2 Å². The minimum absolute atomic E-state index is 0.00153. The fourth-order valence-electron chi connectivity index (χ4n) is 2.79. The van der Waals surface area contributed by atoms with Crippen molar-refractivity contribution in [1.29, 1.82) is 0 Å². The lowest BCUT2D eigenvalue weighted by Crippen LogP contribution is -2.31. The number of aromatic amines is 2. The summed E-state index contributed by atoms with van der Waals surface area (Å²) in [5, 5.41) is 9.95. The largest absolute Gasteiger partial charge is 0.390 e. The number of hydrogen-bond acceptors (Lipinski definition) is 10. The van der Waals surface area contributed by atoms with E-state index in [1.807, 2.05) is 0 Å². The van der Waals surface area contributed by atoms with Crippen LogP contribution in [0.4, 0.5) is 5.95 Å². The van der Waals surface area contributed by atoms with Crippen molar-refractivity contribution in [1.82, 2.24) is 19.9 Å². The van der Waals surface area contributed by atoms with Gasteiger partial charge in [-0.2, -0.15) is 4.98 Å². The number of imidazole rings is 1. The molecule has 0 amide bonds. The van der Waals surface area contributed by atoms with Crippen molar-refractivity contribution in [3.63, 3.8) is 0 Å². The van der Waals surface area contributed by atoms with E-state index in [9.17, 15) is 14.5 Å². The SMILES string of the molecule is CCOP(=O)(CO[C@]1(c2nc3nc(N)[nH]c(=O)c3[nH]2)C[C@H](O)CO1)OCC. The third-order valence-corrected chi connectivity index (χ3v) is 5.61. The van der Waals surface area contributed by atoms with Gasteiger partial charge in [0.1, 0.15) is 0 Å². The molecule has 27 heavy (non-hydrogen) atoms. The highest BCUT2D eigenvalue weighted by atomic mass is 31.2. The molecule has 0 aliphatic carbocycles. The van der Waals surface area contributed by atoms with Gasteiger partial charge in [-0.05, 0) is 13.8 Å². The van der Waals surface area contributed by atoms with Crippen LogP contribution >= 0.6 is 7.60 Å². The Morgan fingerprint density at radius 3 is 2.63 bits per heavy atom. The topological polar surface area (TPSA) is 175 Å². The number of hydrogen-bond donors (Lipinski definition) is 4. The van der Waals surface area contributed by atoms with Gasteiger partial charge in [0.15, 0.2) is 23.3 Å². The first-order valence-corrected chi connectivity index (χ1v) is 10.1. The van der Waals surface area contributed by atoms with Gasteiger partial charge in [-0.1, -0.05) is 0 Å².